The number of nitrogens with zero attached hydrogens (tertiary/aromatic N) is 2. The maximum atomic E-state index is 12.5. The fourth-order valence-electron chi connectivity index (χ4n) is 2.40. The lowest BCUT2D eigenvalue weighted by molar-refractivity contribution is -0.141. The van der Waals surface area contributed by atoms with Gasteiger partial charge in [0, 0.05) is 10.6 Å². The molecule has 0 saturated carbocycles. The van der Waals surface area contributed by atoms with E-state index in [1.165, 1.54) is 18.4 Å². The summed E-state index contributed by atoms with van der Waals surface area (Å²) in [5, 5.41) is 0.835. The van der Waals surface area contributed by atoms with Crippen molar-refractivity contribution in [2.24, 2.45) is 4.99 Å². The summed E-state index contributed by atoms with van der Waals surface area (Å²) in [5.74, 6) is -0.877. The number of amides is 1. The van der Waals surface area contributed by atoms with Gasteiger partial charge in [-0.05, 0) is 31.2 Å². The molecule has 2 aromatic carbocycles. The Labute approximate surface area is 163 Å². The quantitative estimate of drug-likeness (QED) is 0.609. The number of methoxy groups -OCH3 is 1. The van der Waals surface area contributed by atoms with Crippen LogP contribution in [0, 0.1) is 6.92 Å². The van der Waals surface area contributed by atoms with E-state index >= 15 is 0 Å². The number of benzene rings is 2. The van der Waals surface area contributed by atoms with Crippen LogP contribution in [0.1, 0.15) is 15.9 Å². The van der Waals surface area contributed by atoms with E-state index < -0.39 is 11.9 Å². The second-order valence-corrected chi connectivity index (χ2v) is 7.42. The smallest absolute Gasteiger partial charge is 0.325 e. The summed E-state index contributed by atoms with van der Waals surface area (Å²) in [5.41, 5.74) is 2.09. The topological polar surface area (TPSA) is 60.7 Å². The van der Waals surface area contributed by atoms with E-state index in [1.54, 1.807) is 28.8 Å². The van der Waals surface area contributed by atoms with Crippen LogP contribution in [0.15, 0.2) is 41.4 Å². The molecule has 0 bridgehead atoms. The third-order valence-corrected chi connectivity index (χ3v) is 5.24. The Kier molecular flexibility index (Phi) is 5.46. The molecule has 8 heteroatoms. The average Bonchev–Trinajstić information content (AvgIpc) is 2.92. The van der Waals surface area contributed by atoms with Crippen LogP contribution in [0.2, 0.25) is 10.0 Å². The number of aromatic nitrogens is 1. The highest BCUT2D eigenvalue weighted by atomic mass is 35.5. The minimum Gasteiger partial charge on any atom is -0.468 e. The van der Waals surface area contributed by atoms with E-state index in [0.717, 1.165) is 10.3 Å². The molecule has 0 N–H and O–H groups in total. The SMILES string of the molecule is COC(=O)Cn1c(=NC(=O)c2ccc(C)cc2)sc2cc(Cl)cc(Cl)c21. The highest BCUT2D eigenvalue weighted by molar-refractivity contribution is 7.16. The van der Waals surface area contributed by atoms with Crippen molar-refractivity contribution in [3.63, 3.8) is 0 Å². The van der Waals surface area contributed by atoms with Crippen molar-refractivity contribution in [3.8, 4) is 0 Å². The largest absolute Gasteiger partial charge is 0.468 e. The lowest BCUT2D eigenvalue weighted by atomic mass is 10.1. The first-order valence-corrected chi connectivity index (χ1v) is 9.17. The molecule has 5 nitrogen and oxygen atoms in total. The summed E-state index contributed by atoms with van der Waals surface area (Å²) < 4.78 is 7.03. The number of halogens is 2. The zero-order chi connectivity index (χ0) is 18.8. The number of fused-ring (bicyclic) bond motifs is 1. The fraction of sp³-hybridized carbons (Fsp3) is 0.167. The molecule has 0 aliphatic rings. The Hall–Kier alpha value is -2.15. The standard InChI is InChI=1S/C18H14Cl2N2O3S/c1-10-3-5-11(6-4-10)17(24)21-18-22(9-15(23)25-2)16-13(20)7-12(19)8-14(16)26-18/h3-8H,9H2,1-2H3. The molecule has 0 aliphatic heterocycles. The predicted octanol–water partition coefficient (Wildman–Crippen LogP) is 4.23. The molecule has 1 heterocycles. The molecule has 26 heavy (non-hydrogen) atoms. The van der Waals surface area contributed by atoms with E-state index in [9.17, 15) is 9.59 Å². The first-order chi connectivity index (χ1) is 12.4. The van der Waals surface area contributed by atoms with Crippen LogP contribution in [0.25, 0.3) is 10.2 Å². The molecule has 0 aliphatic carbocycles. The molecular weight excluding hydrogens is 395 g/mol. The Morgan fingerprint density at radius 2 is 1.88 bits per heavy atom. The van der Waals surface area contributed by atoms with Crippen LogP contribution < -0.4 is 4.80 Å². The Balaban J connectivity index is 2.18. The number of hydrogen-bond acceptors (Lipinski definition) is 4. The van der Waals surface area contributed by atoms with Gasteiger partial charge in [0.1, 0.15) is 6.54 Å². The van der Waals surface area contributed by atoms with Crippen LogP contribution >= 0.6 is 34.5 Å². The van der Waals surface area contributed by atoms with Crippen LogP contribution in [0.5, 0.6) is 0 Å². The van der Waals surface area contributed by atoms with Gasteiger partial charge in [-0.25, -0.2) is 0 Å². The van der Waals surface area contributed by atoms with Gasteiger partial charge in [0.25, 0.3) is 5.91 Å². The molecule has 0 atom stereocenters. The summed E-state index contributed by atoms with van der Waals surface area (Å²) in [6.07, 6.45) is 0. The second-order valence-electron chi connectivity index (χ2n) is 5.56. The molecule has 0 fully saturated rings. The molecule has 0 spiro atoms. The third-order valence-electron chi connectivity index (χ3n) is 3.71. The molecule has 0 saturated heterocycles. The second kappa shape index (κ2) is 7.61. The molecule has 134 valence electrons. The lowest BCUT2D eigenvalue weighted by Gasteiger charge is -2.05. The molecule has 3 aromatic rings. The highest BCUT2D eigenvalue weighted by Gasteiger charge is 2.15. The molecule has 3 rings (SSSR count). The van der Waals surface area contributed by atoms with Crippen molar-refractivity contribution in [2.75, 3.05) is 7.11 Å². The first kappa shape index (κ1) is 18.6. The van der Waals surface area contributed by atoms with Crippen LogP contribution in [0.3, 0.4) is 0 Å². The van der Waals surface area contributed by atoms with Gasteiger partial charge in [-0.2, -0.15) is 4.99 Å². The number of rotatable bonds is 3. The van der Waals surface area contributed by atoms with Crippen molar-refractivity contribution < 1.29 is 14.3 Å². The molecule has 1 amide bonds. The van der Waals surface area contributed by atoms with Gasteiger partial charge in [0.2, 0.25) is 0 Å². The zero-order valence-electron chi connectivity index (χ0n) is 14.0. The number of thiazole rings is 1. The average molecular weight is 409 g/mol. The molecular formula is C18H14Cl2N2O3S. The summed E-state index contributed by atoms with van der Waals surface area (Å²) in [7, 11) is 1.30. The van der Waals surface area contributed by atoms with E-state index in [2.05, 4.69) is 4.99 Å². The van der Waals surface area contributed by atoms with E-state index in [0.29, 0.717) is 25.9 Å². The Morgan fingerprint density at radius 1 is 1.19 bits per heavy atom. The maximum absolute atomic E-state index is 12.5. The van der Waals surface area contributed by atoms with Crippen molar-refractivity contribution in [1.82, 2.24) is 4.57 Å². The molecule has 0 unspecified atom stereocenters. The zero-order valence-corrected chi connectivity index (χ0v) is 16.3. The minimum atomic E-state index is -0.472. The van der Waals surface area contributed by atoms with Gasteiger partial charge < -0.3 is 9.30 Å². The van der Waals surface area contributed by atoms with Crippen LogP contribution in [-0.4, -0.2) is 23.6 Å². The van der Waals surface area contributed by atoms with Crippen molar-refractivity contribution in [1.29, 1.82) is 0 Å². The van der Waals surface area contributed by atoms with Crippen molar-refractivity contribution in [2.45, 2.75) is 13.5 Å². The van der Waals surface area contributed by atoms with E-state index in [1.807, 2.05) is 19.1 Å². The van der Waals surface area contributed by atoms with Gasteiger partial charge in [0.15, 0.2) is 4.80 Å². The summed E-state index contributed by atoms with van der Waals surface area (Å²) >= 11 is 13.6. The fourth-order valence-corrected chi connectivity index (χ4v) is 4.21. The van der Waals surface area contributed by atoms with Gasteiger partial charge in [-0.3, -0.25) is 9.59 Å². The summed E-state index contributed by atoms with van der Waals surface area (Å²) in [6.45, 7) is 1.82. The summed E-state index contributed by atoms with van der Waals surface area (Å²) in [6, 6.07) is 10.4. The number of ether oxygens (including phenoxy) is 1. The number of carbonyl (C=O) groups excluding carboxylic acids is 2. The van der Waals surface area contributed by atoms with E-state index in [-0.39, 0.29) is 6.54 Å². The van der Waals surface area contributed by atoms with Gasteiger partial charge in [-0.1, -0.05) is 52.2 Å². The number of aryl methyl sites for hydroxylation is 1. The normalized spacial score (nSPS) is 11.8. The number of carbonyl (C=O) groups is 2. The maximum Gasteiger partial charge on any atom is 0.325 e. The predicted molar refractivity (Wildman–Crippen MR) is 103 cm³/mol. The first-order valence-electron chi connectivity index (χ1n) is 7.60. The molecule has 1 aromatic heterocycles. The lowest BCUT2D eigenvalue weighted by Crippen LogP contribution is -2.22. The van der Waals surface area contributed by atoms with Gasteiger partial charge in [0.05, 0.1) is 22.3 Å². The van der Waals surface area contributed by atoms with Gasteiger partial charge in [-0.15, -0.1) is 0 Å². The molecule has 0 radical (unpaired) electrons. The Morgan fingerprint density at radius 3 is 2.54 bits per heavy atom. The Bertz CT molecular complexity index is 1070. The van der Waals surface area contributed by atoms with Gasteiger partial charge >= 0.3 is 5.97 Å². The van der Waals surface area contributed by atoms with Crippen LogP contribution in [-0.2, 0) is 16.1 Å². The highest BCUT2D eigenvalue weighted by Crippen LogP contribution is 2.29. The number of hydrogen-bond donors (Lipinski definition) is 0. The monoisotopic (exact) mass is 408 g/mol. The van der Waals surface area contributed by atoms with Crippen molar-refractivity contribution in [3.05, 3.63) is 62.4 Å². The van der Waals surface area contributed by atoms with Crippen LogP contribution in [0.4, 0.5) is 0 Å². The number of esters is 1. The van der Waals surface area contributed by atoms with Crippen molar-refractivity contribution >= 4 is 56.6 Å². The van der Waals surface area contributed by atoms with E-state index in [4.69, 9.17) is 27.9 Å². The minimum absolute atomic E-state index is 0.113. The third kappa shape index (κ3) is 3.82. The summed E-state index contributed by atoms with van der Waals surface area (Å²) in [4.78, 5) is 28.9.